The number of hydrogen-bond acceptors (Lipinski definition) is 19. The van der Waals surface area contributed by atoms with Crippen molar-refractivity contribution in [3.63, 3.8) is 0 Å². The first-order valence-corrected chi connectivity index (χ1v) is 29.7. The molecule has 83 heavy (non-hydrogen) atoms. The molecule has 2 heterocycles. The number of aliphatic hydroxyl groups excluding tert-OH is 1. The first-order chi connectivity index (χ1) is 39.3. The van der Waals surface area contributed by atoms with E-state index in [0.717, 1.165) is 30.7 Å². The number of aliphatic hydroxyl groups is 1. The van der Waals surface area contributed by atoms with Crippen LogP contribution in [-0.2, 0) is 63.7 Å². The highest BCUT2D eigenvalue weighted by atomic mass is 32.1. The lowest BCUT2D eigenvalue weighted by atomic mass is 9.92. The molecule has 0 spiro atoms. The van der Waals surface area contributed by atoms with Gasteiger partial charge in [0.05, 0.1) is 24.7 Å². The summed E-state index contributed by atoms with van der Waals surface area (Å²) < 4.78 is 32.9. The molecular formula is C58H91N7O17S. The zero-order chi connectivity index (χ0) is 61.9. The molecule has 1 saturated heterocycles. The molecule has 6 N–H and O–H groups in total. The van der Waals surface area contributed by atoms with Crippen LogP contribution in [0.5, 0.6) is 5.75 Å². The molecule has 466 valence electrons. The number of hydrogen-bond donors (Lipinski definition) is 6. The van der Waals surface area contributed by atoms with Crippen molar-refractivity contribution >= 4 is 64.9 Å². The van der Waals surface area contributed by atoms with Gasteiger partial charge in [0, 0.05) is 57.3 Å². The fraction of sp³-hybridized carbons (Fsp3) is 0.690. The number of alkyl carbamates (subject to hydrolysis) is 1. The second-order valence-electron chi connectivity index (χ2n) is 21.8. The Morgan fingerprint density at radius 1 is 0.867 bits per heavy atom. The number of piperidine rings is 1. The Morgan fingerprint density at radius 2 is 1.57 bits per heavy atom. The largest absolute Gasteiger partial charge is 0.481 e. The lowest BCUT2D eigenvalue weighted by Gasteiger charge is -2.39. The average molecular weight is 1190 g/mol. The van der Waals surface area contributed by atoms with Crippen molar-refractivity contribution in [3.05, 3.63) is 45.9 Å². The number of thiazole rings is 1. The maximum absolute atomic E-state index is 14.9. The third-order valence-corrected chi connectivity index (χ3v) is 15.3. The summed E-state index contributed by atoms with van der Waals surface area (Å²) in [7, 11) is 3.25. The van der Waals surface area contributed by atoms with Crippen molar-refractivity contribution in [2.24, 2.45) is 23.7 Å². The number of carbonyl (C=O) groups is 9. The molecular weight excluding hydrogens is 1100 g/mol. The number of benzene rings is 1. The number of aromatic nitrogens is 1. The van der Waals surface area contributed by atoms with E-state index in [4.69, 9.17) is 28.4 Å². The zero-order valence-corrected chi connectivity index (χ0v) is 51.2. The molecule has 0 aliphatic carbocycles. The highest BCUT2D eigenvalue weighted by Crippen LogP contribution is 2.32. The predicted octanol–water partition coefficient (Wildman–Crippen LogP) is 5.68. The quantitative estimate of drug-likeness (QED) is 0.0207. The molecule has 25 heteroatoms. The van der Waals surface area contributed by atoms with Gasteiger partial charge in [0.25, 0.3) is 5.91 Å². The summed E-state index contributed by atoms with van der Waals surface area (Å²) in [4.78, 5) is 127. The third-order valence-electron chi connectivity index (χ3n) is 14.4. The van der Waals surface area contributed by atoms with Crippen molar-refractivity contribution in [1.29, 1.82) is 0 Å². The molecule has 0 saturated carbocycles. The molecule has 3 rings (SSSR count). The number of esters is 3. The SMILES string of the molecule is CCCC(=O)OCN(C(=O)[C@@H](NC(=O)[C@H]1CCCCN1C)[C@@H](C)CC)[C@H](C[C@@H](OC(C)=O)c1nc(C(=O)N[C@@H](Cc2ccc(OC(=O)[C@@H](NC(=O)CCNC(=O)OCC(OC)OC(CC)CO)C(C)C)cc2)C[C@H](C)C(=O)O)cs1)C(C)C. The second kappa shape index (κ2) is 36.4. The van der Waals surface area contributed by atoms with Crippen LogP contribution in [0, 0.1) is 23.7 Å². The minimum atomic E-state index is -1.09. The van der Waals surface area contributed by atoms with Gasteiger partial charge < -0.3 is 64.8 Å². The number of carbonyl (C=O) groups excluding carboxylic acids is 8. The molecule has 1 aromatic heterocycles. The van der Waals surface area contributed by atoms with Crippen LogP contribution in [0.15, 0.2) is 29.6 Å². The molecule has 2 aromatic rings. The molecule has 1 aliphatic rings. The van der Waals surface area contributed by atoms with Crippen molar-refractivity contribution < 1.29 is 81.8 Å². The van der Waals surface area contributed by atoms with E-state index < -0.39 is 115 Å². The van der Waals surface area contributed by atoms with Gasteiger partial charge in [-0.25, -0.2) is 14.6 Å². The highest BCUT2D eigenvalue weighted by Gasteiger charge is 2.40. The van der Waals surface area contributed by atoms with Crippen LogP contribution in [0.25, 0.3) is 0 Å². The number of carboxylic acid groups (broad SMARTS) is 1. The normalized spacial score (nSPS) is 16.8. The van der Waals surface area contributed by atoms with Gasteiger partial charge in [-0.2, -0.15) is 0 Å². The summed E-state index contributed by atoms with van der Waals surface area (Å²) in [6.45, 7) is 17.1. The first kappa shape index (κ1) is 71.0. The summed E-state index contributed by atoms with van der Waals surface area (Å²) in [6.07, 6.45) is 0.812. The van der Waals surface area contributed by atoms with Gasteiger partial charge in [-0.3, -0.25) is 38.5 Å². The third kappa shape index (κ3) is 24.1. The van der Waals surface area contributed by atoms with Crippen molar-refractivity contribution in [3.8, 4) is 5.75 Å². The van der Waals surface area contributed by atoms with Gasteiger partial charge in [0.2, 0.25) is 17.7 Å². The van der Waals surface area contributed by atoms with E-state index in [9.17, 15) is 53.4 Å². The fourth-order valence-corrected chi connectivity index (χ4v) is 10.0. The number of carboxylic acids is 1. The lowest BCUT2D eigenvalue weighted by Crippen LogP contribution is -2.59. The number of likely N-dealkylation sites (tertiary alicyclic amines) is 1. The number of aliphatic carboxylic acids is 1. The molecule has 1 aliphatic heterocycles. The van der Waals surface area contributed by atoms with E-state index in [2.05, 4.69) is 26.3 Å². The molecule has 10 atom stereocenters. The van der Waals surface area contributed by atoms with Gasteiger partial charge in [0.1, 0.15) is 35.1 Å². The first-order valence-electron chi connectivity index (χ1n) is 28.8. The summed E-state index contributed by atoms with van der Waals surface area (Å²) in [6, 6.07) is 2.42. The number of methoxy groups -OCH3 is 1. The Kier molecular flexibility index (Phi) is 31.2. The second-order valence-corrected chi connectivity index (χ2v) is 22.7. The van der Waals surface area contributed by atoms with E-state index in [0.29, 0.717) is 31.2 Å². The number of nitrogens with one attached hydrogen (secondary N) is 4. The van der Waals surface area contributed by atoms with Crippen LogP contribution in [0.3, 0.4) is 0 Å². The molecule has 5 amide bonds. The maximum Gasteiger partial charge on any atom is 0.407 e. The Hall–Kier alpha value is -6.28. The summed E-state index contributed by atoms with van der Waals surface area (Å²) in [5.74, 6) is -6.67. The topological polar surface area (TPSA) is 317 Å². The Morgan fingerprint density at radius 3 is 2.14 bits per heavy atom. The smallest absolute Gasteiger partial charge is 0.407 e. The van der Waals surface area contributed by atoms with E-state index in [1.54, 1.807) is 26.0 Å². The number of rotatable bonds is 36. The predicted molar refractivity (Wildman–Crippen MR) is 306 cm³/mol. The highest BCUT2D eigenvalue weighted by molar-refractivity contribution is 7.09. The van der Waals surface area contributed by atoms with Crippen LogP contribution in [0.4, 0.5) is 4.79 Å². The Labute approximate surface area is 492 Å². The van der Waals surface area contributed by atoms with Crippen LogP contribution < -0.4 is 26.0 Å². The van der Waals surface area contributed by atoms with Crippen LogP contribution in [-0.4, -0.2) is 168 Å². The van der Waals surface area contributed by atoms with Crippen LogP contribution >= 0.6 is 11.3 Å². The van der Waals surface area contributed by atoms with Crippen molar-refractivity contribution in [2.75, 3.05) is 47.2 Å². The van der Waals surface area contributed by atoms with Gasteiger partial charge in [0.15, 0.2) is 19.1 Å². The summed E-state index contributed by atoms with van der Waals surface area (Å²) in [5.41, 5.74) is 0.609. The van der Waals surface area contributed by atoms with Gasteiger partial charge in [-0.15, -0.1) is 11.3 Å². The van der Waals surface area contributed by atoms with Crippen LogP contribution in [0.1, 0.15) is 161 Å². The fourth-order valence-electron chi connectivity index (χ4n) is 9.18. The molecule has 0 bridgehead atoms. The summed E-state index contributed by atoms with van der Waals surface area (Å²) in [5, 5.41) is 32.0. The molecule has 1 aromatic carbocycles. The number of amides is 5. The van der Waals surface area contributed by atoms with E-state index >= 15 is 0 Å². The van der Waals surface area contributed by atoms with E-state index in [-0.39, 0.29) is 86.1 Å². The van der Waals surface area contributed by atoms with Crippen LogP contribution in [0.2, 0.25) is 0 Å². The number of nitrogens with zero attached hydrogens (tertiary/aromatic N) is 3. The lowest BCUT2D eigenvalue weighted by molar-refractivity contribution is -0.181. The molecule has 1 fully saturated rings. The van der Waals surface area contributed by atoms with Crippen molar-refractivity contribution in [2.45, 2.75) is 189 Å². The number of likely N-dealkylation sites (N-methyl/N-ethyl adjacent to an activating group) is 1. The Bertz CT molecular complexity index is 2400. The molecule has 0 radical (unpaired) electrons. The zero-order valence-electron chi connectivity index (χ0n) is 50.4. The maximum atomic E-state index is 14.9. The molecule has 24 nitrogen and oxygen atoms in total. The van der Waals surface area contributed by atoms with E-state index in [1.165, 1.54) is 43.4 Å². The van der Waals surface area contributed by atoms with Crippen molar-refractivity contribution in [1.82, 2.24) is 36.1 Å². The van der Waals surface area contributed by atoms with Gasteiger partial charge >= 0.3 is 30.0 Å². The monoisotopic (exact) mass is 1190 g/mol. The van der Waals surface area contributed by atoms with E-state index in [1.807, 2.05) is 53.5 Å². The van der Waals surface area contributed by atoms with Gasteiger partial charge in [-0.1, -0.05) is 87.3 Å². The minimum Gasteiger partial charge on any atom is -0.481 e. The standard InChI is InChI=1S/C58H91N7O17S/c1-13-18-48(69)79-33-65(55(72)51(36(8)14-2)63-53(71)44-19-16-17-26-64(44)11)45(34(4)5)29-46(80-38(10)67)54-61-43(32-83-54)52(70)60-40(27-37(9)56(73)74)28-39-20-22-42(23-21-39)82-57(75)50(35(6)7)62-47(68)24-25-59-58(76)78-31-49(77-12)81-41(15-3)30-66/h20-23,32,34-37,40-41,44-46,49-51,66H,13-19,24-31,33H2,1-12H3,(H,59,76)(H,60,70)(H,62,68)(H,63,71)(H,73,74)/t36-,37-,40+,41?,44+,45+,46+,49?,50-,51-/m0/s1. The minimum absolute atomic E-state index is 0.0175. The number of ether oxygens (including phenoxy) is 6. The van der Waals surface area contributed by atoms with Gasteiger partial charge in [-0.05, 0) is 87.6 Å². The molecule has 2 unspecified atom stereocenters. The summed E-state index contributed by atoms with van der Waals surface area (Å²) >= 11 is 1.05. The average Bonchev–Trinajstić information content (AvgIpc) is 4.17. The Balaban J connectivity index is 1.78.